The SMILES string of the molecule is COc1cccc(-c2c(C)c(Cc3c(F)cccc3F)c3n(c2=O)C(C(=O)c2ccccc2C)CS3)c1F. The number of aryl methyl sites for hydroxylation is 1. The van der Waals surface area contributed by atoms with E-state index in [2.05, 4.69) is 0 Å². The van der Waals surface area contributed by atoms with Gasteiger partial charge < -0.3 is 4.74 Å². The molecule has 0 bridgehead atoms. The number of benzene rings is 3. The number of ether oxygens (including phenoxy) is 1. The van der Waals surface area contributed by atoms with E-state index in [1.54, 1.807) is 25.1 Å². The molecule has 8 heteroatoms. The Morgan fingerprint density at radius 1 is 0.974 bits per heavy atom. The summed E-state index contributed by atoms with van der Waals surface area (Å²) in [6.07, 6.45) is -0.170. The molecule has 0 saturated carbocycles. The lowest BCUT2D eigenvalue weighted by atomic mass is 9.93. The number of thioether (sulfide) groups is 1. The fraction of sp³-hybridized carbons (Fsp3) is 0.200. The minimum absolute atomic E-state index is 0.00334. The van der Waals surface area contributed by atoms with Crippen molar-refractivity contribution >= 4 is 17.5 Å². The van der Waals surface area contributed by atoms with Crippen LogP contribution < -0.4 is 10.3 Å². The van der Waals surface area contributed by atoms with Crippen LogP contribution in [0.4, 0.5) is 13.2 Å². The summed E-state index contributed by atoms with van der Waals surface area (Å²) in [4.78, 5) is 27.7. The second kappa shape index (κ2) is 10.2. The number of carbonyl (C=O) groups is 1. The number of methoxy groups -OCH3 is 1. The van der Waals surface area contributed by atoms with Gasteiger partial charge in [-0.3, -0.25) is 14.2 Å². The van der Waals surface area contributed by atoms with Crippen molar-refractivity contribution in [2.24, 2.45) is 0 Å². The van der Waals surface area contributed by atoms with E-state index in [0.29, 0.717) is 21.7 Å². The van der Waals surface area contributed by atoms with Gasteiger partial charge >= 0.3 is 0 Å². The van der Waals surface area contributed by atoms with Gasteiger partial charge in [-0.2, -0.15) is 0 Å². The molecule has 2 heterocycles. The second-order valence-electron chi connectivity index (χ2n) is 9.16. The Balaban J connectivity index is 1.79. The molecule has 0 N–H and O–H groups in total. The minimum atomic E-state index is -0.860. The fourth-order valence-electron chi connectivity index (χ4n) is 4.99. The Morgan fingerprint density at radius 3 is 2.34 bits per heavy atom. The first-order valence-electron chi connectivity index (χ1n) is 12.0. The van der Waals surface area contributed by atoms with E-state index in [9.17, 15) is 18.4 Å². The summed E-state index contributed by atoms with van der Waals surface area (Å²) in [5, 5.41) is 0.453. The topological polar surface area (TPSA) is 48.3 Å². The Bertz CT molecular complexity index is 1630. The molecule has 38 heavy (non-hydrogen) atoms. The molecular weight excluding hydrogens is 511 g/mol. The standard InChI is InChI=1S/C30H24F3NO3S/c1-16-8-4-5-9-18(16)28(35)24-15-38-30-20(14-21-22(31)11-7-12-23(21)32)17(2)26(29(36)34(24)30)19-10-6-13-25(37-3)27(19)33/h4-13,24H,14-15H2,1-3H3. The van der Waals surface area contributed by atoms with Gasteiger partial charge in [-0.1, -0.05) is 42.5 Å². The highest BCUT2D eigenvalue weighted by Gasteiger charge is 2.36. The summed E-state index contributed by atoms with van der Waals surface area (Å²) in [6, 6.07) is 14.3. The van der Waals surface area contributed by atoms with E-state index >= 15 is 4.39 Å². The molecule has 0 saturated heterocycles. The van der Waals surface area contributed by atoms with Crippen molar-refractivity contribution < 1.29 is 22.7 Å². The first kappa shape index (κ1) is 25.9. The summed E-state index contributed by atoms with van der Waals surface area (Å²) in [5.41, 5.74) is 1.43. The number of ketones is 1. The number of pyridine rings is 1. The monoisotopic (exact) mass is 535 g/mol. The third kappa shape index (κ3) is 4.22. The number of hydrogen-bond donors (Lipinski definition) is 0. The Hall–Kier alpha value is -3.78. The number of fused-ring (bicyclic) bond motifs is 1. The lowest BCUT2D eigenvalue weighted by Gasteiger charge is -2.21. The van der Waals surface area contributed by atoms with Gasteiger partial charge in [0.2, 0.25) is 0 Å². The number of nitrogens with zero attached hydrogens (tertiary/aromatic N) is 1. The summed E-state index contributed by atoms with van der Waals surface area (Å²) in [5.74, 6) is -2.21. The Morgan fingerprint density at radius 2 is 1.66 bits per heavy atom. The van der Waals surface area contributed by atoms with Crippen molar-refractivity contribution in [1.82, 2.24) is 4.57 Å². The molecule has 0 spiro atoms. The highest BCUT2D eigenvalue weighted by molar-refractivity contribution is 7.99. The molecule has 4 aromatic rings. The van der Waals surface area contributed by atoms with Crippen molar-refractivity contribution in [2.75, 3.05) is 12.9 Å². The summed E-state index contributed by atoms with van der Waals surface area (Å²) in [7, 11) is 1.32. The van der Waals surface area contributed by atoms with Gasteiger partial charge in [0.05, 0.1) is 17.7 Å². The lowest BCUT2D eigenvalue weighted by Crippen LogP contribution is -2.32. The van der Waals surface area contributed by atoms with Gasteiger partial charge in [0.25, 0.3) is 5.56 Å². The molecule has 1 aliphatic rings. The molecule has 5 rings (SSSR count). The predicted molar refractivity (Wildman–Crippen MR) is 142 cm³/mol. The highest BCUT2D eigenvalue weighted by atomic mass is 32.2. The smallest absolute Gasteiger partial charge is 0.260 e. The second-order valence-corrected chi connectivity index (χ2v) is 10.2. The minimum Gasteiger partial charge on any atom is -0.494 e. The molecule has 1 atom stereocenters. The molecule has 1 unspecified atom stereocenters. The third-order valence-electron chi connectivity index (χ3n) is 7.01. The van der Waals surface area contributed by atoms with Crippen LogP contribution in [0.1, 0.15) is 38.7 Å². The first-order chi connectivity index (χ1) is 18.2. The Labute approximate surface area is 222 Å². The summed E-state index contributed by atoms with van der Waals surface area (Å²) < 4.78 is 51.4. The summed E-state index contributed by atoms with van der Waals surface area (Å²) in [6.45, 7) is 3.46. The van der Waals surface area contributed by atoms with Crippen LogP contribution in [0.3, 0.4) is 0 Å². The van der Waals surface area contributed by atoms with Crippen LogP contribution in [-0.2, 0) is 6.42 Å². The average molecular weight is 536 g/mol. The van der Waals surface area contributed by atoms with Gasteiger partial charge in [-0.25, -0.2) is 13.2 Å². The number of hydrogen-bond acceptors (Lipinski definition) is 4. The van der Waals surface area contributed by atoms with Gasteiger partial charge in [0.15, 0.2) is 17.3 Å². The number of aromatic nitrogens is 1. The van der Waals surface area contributed by atoms with Crippen LogP contribution >= 0.6 is 11.8 Å². The van der Waals surface area contributed by atoms with Crippen molar-refractivity contribution in [2.45, 2.75) is 31.3 Å². The molecule has 1 aliphatic heterocycles. The van der Waals surface area contributed by atoms with Crippen LogP contribution in [0.2, 0.25) is 0 Å². The zero-order chi connectivity index (χ0) is 27.1. The summed E-state index contributed by atoms with van der Waals surface area (Å²) >= 11 is 1.29. The van der Waals surface area contributed by atoms with E-state index < -0.39 is 29.1 Å². The van der Waals surface area contributed by atoms with Gasteiger partial charge in [-0.15, -0.1) is 11.8 Å². The first-order valence-corrected chi connectivity index (χ1v) is 13.0. The van der Waals surface area contributed by atoms with Crippen molar-refractivity contribution in [1.29, 1.82) is 0 Å². The Kier molecular flexibility index (Phi) is 6.92. The average Bonchev–Trinajstić information content (AvgIpc) is 3.34. The number of carbonyl (C=O) groups excluding carboxylic acids is 1. The van der Waals surface area contributed by atoms with Crippen LogP contribution in [0.25, 0.3) is 11.1 Å². The predicted octanol–water partition coefficient (Wildman–Crippen LogP) is 6.68. The maximum absolute atomic E-state index is 15.5. The third-order valence-corrected chi connectivity index (χ3v) is 8.21. The molecule has 0 radical (unpaired) electrons. The van der Waals surface area contributed by atoms with E-state index in [0.717, 1.165) is 5.56 Å². The molecule has 4 nitrogen and oxygen atoms in total. The van der Waals surface area contributed by atoms with Gasteiger partial charge in [-0.05, 0) is 48.7 Å². The van der Waals surface area contributed by atoms with Crippen LogP contribution in [0.5, 0.6) is 5.75 Å². The molecule has 3 aromatic carbocycles. The van der Waals surface area contributed by atoms with Crippen LogP contribution in [0.15, 0.2) is 70.5 Å². The zero-order valence-corrected chi connectivity index (χ0v) is 21.8. The molecule has 0 amide bonds. The highest BCUT2D eigenvalue weighted by Crippen LogP contribution is 2.42. The van der Waals surface area contributed by atoms with Gasteiger partial charge in [0.1, 0.15) is 17.7 Å². The zero-order valence-electron chi connectivity index (χ0n) is 21.0. The van der Waals surface area contributed by atoms with E-state index in [4.69, 9.17) is 4.74 Å². The number of Topliss-reactive ketones (excluding diaryl/α,β-unsaturated/α-hetero) is 1. The molecule has 194 valence electrons. The maximum Gasteiger partial charge on any atom is 0.260 e. The quantitative estimate of drug-likeness (QED) is 0.259. The maximum atomic E-state index is 15.5. The van der Waals surface area contributed by atoms with E-state index in [-0.39, 0.29) is 40.4 Å². The molecular formula is C30H24F3NO3S. The van der Waals surface area contributed by atoms with E-state index in [1.807, 2.05) is 19.1 Å². The molecule has 0 fully saturated rings. The molecule has 0 aliphatic carbocycles. The lowest BCUT2D eigenvalue weighted by molar-refractivity contribution is 0.0934. The normalized spacial score (nSPS) is 14.4. The van der Waals surface area contributed by atoms with Crippen LogP contribution in [-0.4, -0.2) is 23.2 Å². The fourth-order valence-corrected chi connectivity index (χ4v) is 6.35. The largest absolute Gasteiger partial charge is 0.494 e. The van der Waals surface area contributed by atoms with Crippen molar-refractivity contribution in [3.05, 3.63) is 116 Å². The van der Waals surface area contributed by atoms with Crippen LogP contribution in [0, 0.1) is 31.3 Å². The van der Waals surface area contributed by atoms with Gasteiger partial charge in [0, 0.05) is 28.9 Å². The van der Waals surface area contributed by atoms with Crippen molar-refractivity contribution in [3.8, 4) is 16.9 Å². The van der Waals surface area contributed by atoms with E-state index in [1.165, 1.54) is 53.8 Å². The molecule has 1 aromatic heterocycles. The van der Waals surface area contributed by atoms with Crippen molar-refractivity contribution in [3.63, 3.8) is 0 Å². The number of halogens is 3. The number of rotatable bonds is 6.